The van der Waals surface area contributed by atoms with Crippen LogP contribution in [-0.4, -0.2) is 12.1 Å². The second kappa shape index (κ2) is 5.54. The first kappa shape index (κ1) is 13.1. The number of pyridine rings is 1. The quantitative estimate of drug-likeness (QED) is 0.906. The molecule has 0 fully saturated rings. The minimum absolute atomic E-state index is 0.111. The van der Waals surface area contributed by atoms with Crippen LogP contribution in [0.5, 0.6) is 5.75 Å². The molecule has 1 heterocycles. The van der Waals surface area contributed by atoms with Gasteiger partial charge in [0.25, 0.3) is 0 Å². The number of benzene rings is 1. The maximum Gasteiger partial charge on any atom is 0.167 e. The van der Waals surface area contributed by atoms with Crippen molar-refractivity contribution in [1.82, 2.24) is 4.98 Å². The van der Waals surface area contributed by atoms with Crippen LogP contribution in [0, 0.1) is 5.82 Å². The normalized spacial score (nSPS) is 10.2. The summed E-state index contributed by atoms with van der Waals surface area (Å²) in [5.41, 5.74) is 0.662. The molecule has 2 aromatic rings. The van der Waals surface area contributed by atoms with E-state index in [-0.39, 0.29) is 10.8 Å². The van der Waals surface area contributed by atoms with E-state index < -0.39 is 5.82 Å². The maximum absolute atomic E-state index is 13.6. The number of hydrogen-bond donors (Lipinski definition) is 1. The predicted molar refractivity (Wildman–Crippen MR) is 73.2 cm³/mol. The van der Waals surface area contributed by atoms with E-state index in [0.29, 0.717) is 11.4 Å². The lowest BCUT2D eigenvalue weighted by atomic mass is 10.3. The number of nitrogens with zero attached hydrogens (tertiary/aromatic N) is 1. The molecule has 18 heavy (non-hydrogen) atoms. The van der Waals surface area contributed by atoms with E-state index in [0.717, 1.165) is 4.47 Å². The average Bonchev–Trinajstić information content (AvgIpc) is 2.32. The van der Waals surface area contributed by atoms with Gasteiger partial charge in [-0.3, -0.25) is 0 Å². The van der Waals surface area contributed by atoms with E-state index in [1.807, 2.05) is 0 Å². The number of rotatable bonds is 3. The summed E-state index contributed by atoms with van der Waals surface area (Å²) in [5, 5.41) is 3.11. The zero-order chi connectivity index (χ0) is 13.1. The second-order valence-electron chi connectivity index (χ2n) is 3.49. The van der Waals surface area contributed by atoms with Gasteiger partial charge in [-0.05, 0) is 18.2 Å². The van der Waals surface area contributed by atoms with E-state index in [1.165, 1.54) is 12.3 Å². The Morgan fingerprint density at radius 1 is 1.33 bits per heavy atom. The molecule has 0 aliphatic carbocycles. The molecule has 3 nitrogen and oxygen atoms in total. The predicted octanol–water partition coefficient (Wildman–Crippen LogP) is 4.39. The number of ether oxygens (including phenoxy) is 1. The Balaban J connectivity index is 2.30. The second-order valence-corrected chi connectivity index (χ2v) is 4.84. The van der Waals surface area contributed by atoms with Gasteiger partial charge in [-0.15, -0.1) is 0 Å². The summed E-state index contributed by atoms with van der Waals surface area (Å²) in [4.78, 5) is 3.88. The third-order valence-electron chi connectivity index (χ3n) is 2.18. The van der Waals surface area contributed by atoms with Gasteiger partial charge < -0.3 is 10.1 Å². The van der Waals surface area contributed by atoms with Gasteiger partial charge in [0.2, 0.25) is 0 Å². The number of anilines is 2. The highest BCUT2D eigenvalue weighted by atomic mass is 79.9. The van der Waals surface area contributed by atoms with Gasteiger partial charge in [0, 0.05) is 22.4 Å². The summed E-state index contributed by atoms with van der Waals surface area (Å²) in [6.45, 7) is 0. The van der Waals surface area contributed by atoms with E-state index in [1.54, 1.807) is 25.3 Å². The van der Waals surface area contributed by atoms with Crippen molar-refractivity contribution in [1.29, 1.82) is 0 Å². The molecule has 0 saturated carbocycles. The van der Waals surface area contributed by atoms with Crippen molar-refractivity contribution >= 4 is 39.0 Å². The van der Waals surface area contributed by atoms with E-state index in [9.17, 15) is 4.39 Å². The molecule has 0 spiro atoms. The molecule has 0 bridgehead atoms. The molecule has 1 N–H and O–H groups in total. The molecule has 0 aliphatic heterocycles. The number of hydrogen-bond acceptors (Lipinski definition) is 3. The Hall–Kier alpha value is -1.33. The van der Waals surface area contributed by atoms with Gasteiger partial charge in [-0.1, -0.05) is 27.5 Å². The minimum Gasteiger partial charge on any atom is -0.497 e. The van der Waals surface area contributed by atoms with Crippen LogP contribution in [0.2, 0.25) is 5.02 Å². The lowest BCUT2D eigenvalue weighted by Gasteiger charge is -2.09. The average molecular weight is 332 g/mol. The summed E-state index contributed by atoms with van der Waals surface area (Å²) in [6.07, 6.45) is 1.38. The summed E-state index contributed by atoms with van der Waals surface area (Å²) in [7, 11) is 1.56. The Morgan fingerprint density at radius 3 is 2.78 bits per heavy atom. The van der Waals surface area contributed by atoms with Gasteiger partial charge >= 0.3 is 0 Å². The van der Waals surface area contributed by atoms with Crippen molar-refractivity contribution in [2.45, 2.75) is 0 Å². The zero-order valence-electron chi connectivity index (χ0n) is 9.38. The Morgan fingerprint density at radius 2 is 2.11 bits per heavy atom. The fourth-order valence-electron chi connectivity index (χ4n) is 1.40. The fourth-order valence-corrected chi connectivity index (χ4v) is 2.01. The van der Waals surface area contributed by atoms with Crippen molar-refractivity contribution in [3.63, 3.8) is 0 Å². The first-order chi connectivity index (χ1) is 8.58. The molecular weight excluding hydrogens is 323 g/mol. The lowest BCUT2D eigenvalue weighted by molar-refractivity contribution is 0.415. The monoisotopic (exact) mass is 330 g/mol. The molecule has 2 rings (SSSR count). The molecule has 6 heteroatoms. The smallest absolute Gasteiger partial charge is 0.167 e. The summed E-state index contributed by atoms with van der Waals surface area (Å²) < 4.78 is 19.5. The number of methoxy groups -OCH3 is 1. The van der Waals surface area contributed by atoms with Crippen LogP contribution in [0.25, 0.3) is 0 Å². The SMILES string of the molecule is COc1cc(Br)cc(Nc2ncc(Cl)cc2F)c1. The topological polar surface area (TPSA) is 34.1 Å². The number of halogens is 3. The summed E-state index contributed by atoms with van der Waals surface area (Å²) in [6, 6.07) is 6.53. The molecule has 94 valence electrons. The van der Waals surface area contributed by atoms with E-state index in [4.69, 9.17) is 16.3 Å². The van der Waals surface area contributed by atoms with Crippen LogP contribution in [0.3, 0.4) is 0 Å². The van der Waals surface area contributed by atoms with Gasteiger partial charge in [0.15, 0.2) is 11.6 Å². The Labute approximate surface area is 117 Å². The minimum atomic E-state index is -0.513. The van der Waals surface area contributed by atoms with Gasteiger partial charge in [0.1, 0.15) is 5.75 Å². The van der Waals surface area contributed by atoms with Crippen molar-refractivity contribution in [3.05, 3.63) is 45.8 Å². The van der Waals surface area contributed by atoms with E-state index >= 15 is 0 Å². The lowest BCUT2D eigenvalue weighted by Crippen LogP contribution is -1.97. The number of aromatic nitrogens is 1. The van der Waals surface area contributed by atoms with Crippen LogP contribution in [0.4, 0.5) is 15.9 Å². The summed E-state index contributed by atoms with van der Waals surface area (Å²) in [5.74, 6) is 0.252. The molecule has 0 amide bonds. The first-order valence-electron chi connectivity index (χ1n) is 5.01. The Bertz CT molecular complexity index is 580. The molecule has 1 aromatic heterocycles. The van der Waals surface area contributed by atoms with Crippen molar-refractivity contribution < 1.29 is 9.13 Å². The van der Waals surface area contributed by atoms with Crippen LogP contribution in [0.1, 0.15) is 0 Å². The van der Waals surface area contributed by atoms with Crippen molar-refractivity contribution in [2.75, 3.05) is 12.4 Å². The Kier molecular flexibility index (Phi) is 4.04. The fraction of sp³-hybridized carbons (Fsp3) is 0.0833. The third-order valence-corrected chi connectivity index (χ3v) is 2.84. The van der Waals surface area contributed by atoms with Crippen LogP contribution < -0.4 is 10.1 Å². The van der Waals surface area contributed by atoms with Crippen LogP contribution in [0.15, 0.2) is 34.9 Å². The van der Waals surface area contributed by atoms with Gasteiger partial charge in [-0.25, -0.2) is 9.37 Å². The third kappa shape index (κ3) is 3.11. The highest BCUT2D eigenvalue weighted by Gasteiger charge is 2.06. The van der Waals surface area contributed by atoms with Crippen molar-refractivity contribution in [2.24, 2.45) is 0 Å². The molecular formula is C12H9BrClFN2O. The van der Waals surface area contributed by atoms with Gasteiger partial charge in [-0.2, -0.15) is 0 Å². The largest absolute Gasteiger partial charge is 0.497 e. The molecule has 0 aliphatic rings. The standard InChI is InChI=1S/C12H9BrClFN2O/c1-18-10-3-7(13)2-9(5-10)17-12-11(15)4-8(14)6-16-12/h2-6H,1H3,(H,16,17). The highest BCUT2D eigenvalue weighted by Crippen LogP contribution is 2.27. The highest BCUT2D eigenvalue weighted by molar-refractivity contribution is 9.10. The molecule has 0 saturated heterocycles. The van der Waals surface area contributed by atoms with E-state index in [2.05, 4.69) is 26.2 Å². The van der Waals surface area contributed by atoms with Crippen LogP contribution in [-0.2, 0) is 0 Å². The molecule has 0 unspecified atom stereocenters. The molecule has 1 aromatic carbocycles. The first-order valence-corrected chi connectivity index (χ1v) is 6.18. The zero-order valence-corrected chi connectivity index (χ0v) is 11.7. The number of nitrogens with one attached hydrogen (secondary N) is 1. The molecule has 0 atom stereocenters. The van der Waals surface area contributed by atoms with Crippen molar-refractivity contribution in [3.8, 4) is 5.75 Å². The van der Waals surface area contributed by atoms with Gasteiger partial charge in [0.05, 0.1) is 12.1 Å². The molecule has 0 radical (unpaired) electrons. The maximum atomic E-state index is 13.6. The summed E-state index contributed by atoms with van der Waals surface area (Å²) >= 11 is 8.98. The van der Waals surface area contributed by atoms with Crippen LogP contribution >= 0.6 is 27.5 Å².